The summed E-state index contributed by atoms with van der Waals surface area (Å²) in [7, 11) is 0. The van der Waals surface area contributed by atoms with Crippen molar-refractivity contribution in [1.29, 1.82) is 0 Å². The minimum absolute atomic E-state index is 0.115. The van der Waals surface area contributed by atoms with Crippen LogP contribution in [0.1, 0.15) is 12.5 Å². The monoisotopic (exact) mass is 442 g/mol. The first-order valence-electron chi connectivity index (χ1n) is 9.47. The molecule has 0 aliphatic heterocycles. The highest BCUT2D eigenvalue weighted by molar-refractivity contribution is 5.94. The van der Waals surface area contributed by atoms with E-state index in [-0.39, 0.29) is 6.42 Å². The fourth-order valence-corrected chi connectivity index (χ4v) is 3.11. The SMILES string of the molecule is CC(=O)N[C@@H](Cc1c[nH]c2ccccc12)C(=O)OCC(=O)Nc1cc([N+](=O)[O-])ccc1F. The van der Waals surface area contributed by atoms with Gasteiger partial charge in [-0.2, -0.15) is 0 Å². The zero-order chi connectivity index (χ0) is 23.3. The Morgan fingerprint density at radius 3 is 2.69 bits per heavy atom. The van der Waals surface area contributed by atoms with Gasteiger partial charge in [0.2, 0.25) is 5.91 Å². The van der Waals surface area contributed by atoms with Crippen molar-refractivity contribution in [3.8, 4) is 0 Å². The van der Waals surface area contributed by atoms with Gasteiger partial charge in [-0.15, -0.1) is 0 Å². The number of hydrogen-bond donors (Lipinski definition) is 3. The second-order valence-electron chi connectivity index (χ2n) is 6.89. The van der Waals surface area contributed by atoms with Crippen LogP contribution in [0, 0.1) is 15.9 Å². The van der Waals surface area contributed by atoms with E-state index in [4.69, 9.17) is 4.74 Å². The van der Waals surface area contributed by atoms with E-state index < -0.39 is 52.5 Å². The molecule has 2 amide bonds. The second-order valence-corrected chi connectivity index (χ2v) is 6.89. The number of hydrogen-bond acceptors (Lipinski definition) is 6. The van der Waals surface area contributed by atoms with Crippen LogP contribution in [0.4, 0.5) is 15.8 Å². The molecule has 0 radical (unpaired) electrons. The van der Waals surface area contributed by atoms with Crippen molar-refractivity contribution >= 4 is 40.1 Å². The molecule has 2 aromatic carbocycles. The summed E-state index contributed by atoms with van der Waals surface area (Å²) in [5.74, 6) is -3.10. The molecule has 0 spiro atoms. The number of rotatable bonds is 8. The maximum absolute atomic E-state index is 13.8. The molecule has 0 fully saturated rings. The van der Waals surface area contributed by atoms with Crippen LogP contribution in [0.25, 0.3) is 10.9 Å². The molecule has 3 rings (SSSR count). The van der Waals surface area contributed by atoms with E-state index in [1.54, 1.807) is 6.20 Å². The summed E-state index contributed by atoms with van der Waals surface area (Å²) in [6.45, 7) is 0.470. The number of carbonyl (C=O) groups excluding carboxylic acids is 3. The molecule has 1 heterocycles. The summed E-state index contributed by atoms with van der Waals surface area (Å²) in [5, 5.41) is 16.3. The molecule has 3 aromatic rings. The number of carbonyl (C=O) groups is 3. The predicted octanol–water partition coefficient (Wildman–Crippen LogP) is 2.44. The molecular formula is C21H19FN4O6. The second kappa shape index (κ2) is 9.69. The Morgan fingerprint density at radius 1 is 1.22 bits per heavy atom. The van der Waals surface area contributed by atoms with Crippen molar-refractivity contribution in [1.82, 2.24) is 10.3 Å². The molecule has 11 heteroatoms. The van der Waals surface area contributed by atoms with Gasteiger partial charge in [0.1, 0.15) is 11.9 Å². The maximum Gasteiger partial charge on any atom is 0.329 e. The average Bonchev–Trinajstić information content (AvgIpc) is 3.15. The minimum atomic E-state index is -1.06. The molecule has 0 saturated heterocycles. The van der Waals surface area contributed by atoms with E-state index in [1.807, 2.05) is 24.3 Å². The number of ether oxygens (including phenoxy) is 1. The lowest BCUT2D eigenvalue weighted by Gasteiger charge is -2.16. The van der Waals surface area contributed by atoms with Crippen molar-refractivity contribution in [3.05, 3.63) is 70.2 Å². The minimum Gasteiger partial charge on any atom is -0.454 e. The van der Waals surface area contributed by atoms with Gasteiger partial charge in [-0.3, -0.25) is 19.7 Å². The van der Waals surface area contributed by atoms with Crippen LogP contribution in [0.3, 0.4) is 0 Å². The molecule has 1 aromatic heterocycles. The summed E-state index contributed by atoms with van der Waals surface area (Å²) in [5.41, 5.74) is 0.788. The fraction of sp³-hybridized carbons (Fsp3) is 0.190. The van der Waals surface area contributed by atoms with Gasteiger partial charge in [0, 0.05) is 42.6 Å². The summed E-state index contributed by atoms with van der Waals surface area (Å²) in [6.07, 6.45) is 1.83. The van der Waals surface area contributed by atoms with E-state index in [2.05, 4.69) is 15.6 Å². The first-order valence-corrected chi connectivity index (χ1v) is 9.47. The third-order valence-electron chi connectivity index (χ3n) is 4.54. The number of aromatic nitrogens is 1. The number of nitro benzene ring substituents is 1. The van der Waals surface area contributed by atoms with Crippen LogP contribution in [-0.2, 0) is 25.5 Å². The van der Waals surface area contributed by atoms with Crippen molar-refractivity contribution in [2.75, 3.05) is 11.9 Å². The summed E-state index contributed by atoms with van der Waals surface area (Å²) >= 11 is 0. The number of halogens is 1. The van der Waals surface area contributed by atoms with Gasteiger partial charge in [0.05, 0.1) is 10.6 Å². The number of H-pyrrole nitrogens is 1. The van der Waals surface area contributed by atoms with E-state index in [9.17, 15) is 28.9 Å². The average molecular weight is 442 g/mol. The first kappa shape index (κ1) is 22.4. The van der Waals surface area contributed by atoms with Crippen LogP contribution in [0.15, 0.2) is 48.7 Å². The lowest BCUT2D eigenvalue weighted by Crippen LogP contribution is -2.43. The predicted molar refractivity (Wildman–Crippen MR) is 112 cm³/mol. The van der Waals surface area contributed by atoms with Gasteiger partial charge in [-0.25, -0.2) is 9.18 Å². The zero-order valence-corrected chi connectivity index (χ0v) is 16.9. The lowest BCUT2D eigenvalue weighted by molar-refractivity contribution is -0.384. The third kappa shape index (κ3) is 5.45. The Bertz CT molecular complexity index is 1190. The van der Waals surface area contributed by atoms with E-state index in [0.29, 0.717) is 0 Å². The highest BCUT2D eigenvalue weighted by Gasteiger charge is 2.24. The van der Waals surface area contributed by atoms with Crippen LogP contribution in [-0.4, -0.2) is 40.3 Å². The van der Waals surface area contributed by atoms with E-state index >= 15 is 0 Å². The van der Waals surface area contributed by atoms with Crippen molar-refractivity contribution in [2.24, 2.45) is 0 Å². The Morgan fingerprint density at radius 2 is 1.97 bits per heavy atom. The Kier molecular flexibility index (Phi) is 6.78. The fourth-order valence-electron chi connectivity index (χ4n) is 3.11. The molecule has 0 aliphatic rings. The molecule has 32 heavy (non-hydrogen) atoms. The van der Waals surface area contributed by atoms with Gasteiger partial charge in [0.15, 0.2) is 6.61 Å². The largest absolute Gasteiger partial charge is 0.454 e. The van der Waals surface area contributed by atoms with Gasteiger partial charge in [0.25, 0.3) is 11.6 Å². The number of nitrogens with zero attached hydrogens (tertiary/aromatic N) is 1. The molecule has 0 aliphatic carbocycles. The lowest BCUT2D eigenvalue weighted by atomic mass is 10.0. The quantitative estimate of drug-likeness (QED) is 0.278. The number of nitro groups is 1. The molecule has 0 saturated carbocycles. The van der Waals surface area contributed by atoms with E-state index in [0.717, 1.165) is 34.7 Å². The van der Waals surface area contributed by atoms with Gasteiger partial charge < -0.3 is 20.4 Å². The standard InChI is InChI=1S/C21H19FN4O6/c1-12(27)24-19(8-13-10-23-17-5-3-2-4-15(13)17)21(29)32-11-20(28)25-18-9-14(26(30)31)6-7-16(18)22/h2-7,9-10,19,23H,8,11H2,1H3,(H,24,27)(H,25,28)/t19-/m0/s1. The number of non-ortho nitro benzene ring substituents is 1. The number of nitrogens with one attached hydrogen (secondary N) is 3. The molecule has 166 valence electrons. The van der Waals surface area contributed by atoms with Crippen LogP contribution in [0.2, 0.25) is 0 Å². The first-order chi connectivity index (χ1) is 15.2. The number of esters is 1. The maximum atomic E-state index is 13.8. The van der Waals surface area contributed by atoms with Crippen LogP contribution >= 0.6 is 0 Å². The van der Waals surface area contributed by atoms with Crippen molar-refractivity contribution in [3.63, 3.8) is 0 Å². The summed E-state index contributed by atoms with van der Waals surface area (Å²) < 4.78 is 18.8. The number of aromatic amines is 1. The summed E-state index contributed by atoms with van der Waals surface area (Å²) in [6, 6.07) is 9.00. The third-order valence-corrected chi connectivity index (χ3v) is 4.54. The number of para-hydroxylation sites is 1. The van der Waals surface area contributed by atoms with Crippen LogP contribution in [0.5, 0.6) is 0 Å². The van der Waals surface area contributed by atoms with Crippen LogP contribution < -0.4 is 10.6 Å². The number of benzene rings is 2. The molecule has 10 nitrogen and oxygen atoms in total. The smallest absolute Gasteiger partial charge is 0.329 e. The van der Waals surface area contributed by atoms with E-state index in [1.165, 1.54) is 6.92 Å². The topological polar surface area (TPSA) is 143 Å². The molecule has 3 N–H and O–H groups in total. The Labute approximate surface area is 180 Å². The molecule has 0 unspecified atom stereocenters. The number of amides is 2. The van der Waals surface area contributed by atoms with Crippen molar-refractivity contribution in [2.45, 2.75) is 19.4 Å². The zero-order valence-electron chi connectivity index (χ0n) is 16.9. The molecule has 1 atom stereocenters. The highest BCUT2D eigenvalue weighted by atomic mass is 19.1. The van der Waals surface area contributed by atoms with Gasteiger partial charge in [-0.05, 0) is 17.7 Å². The van der Waals surface area contributed by atoms with Gasteiger partial charge in [-0.1, -0.05) is 18.2 Å². The van der Waals surface area contributed by atoms with Crippen molar-refractivity contribution < 1.29 is 28.4 Å². The normalized spacial score (nSPS) is 11.6. The highest BCUT2D eigenvalue weighted by Crippen LogP contribution is 2.21. The number of anilines is 1. The molecule has 0 bridgehead atoms. The number of fused-ring (bicyclic) bond motifs is 1. The van der Waals surface area contributed by atoms with Gasteiger partial charge >= 0.3 is 5.97 Å². The Hall–Kier alpha value is -4.28. The Balaban J connectivity index is 1.65. The summed E-state index contributed by atoms with van der Waals surface area (Å²) in [4.78, 5) is 49.3. The molecular weight excluding hydrogens is 423 g/mol.